The van der Waals surface area contributed by atoms with Crippen molar-refractivity contribution in [3.63, 3.8) is 0 Å². The van der Waals surface area contributed by atoms with Crippen LogP contribution in [0.25, 0.3) is 0 Å². The number of ether oxygens (including phenoxy) is 2. The number of hydrogen-bond acceptors (Lipinski definition) is 4. The number of nitrogens with one attached hydrogen (secondary N) is 1. The summed E-state index contributed by atoms with van der Waals surface area (Å²) in [6.45, 7) is 3.25. The third-order valence-electron chi connectivity index (χ3n) is 3.24. The van der Waals surface area contributed by atoms with E-state index in [1.165, 1.54) is 7.11 Å². The van der Waals surface area contributed by atoms with Gasteiger partial charge >= 0.3 is 5.97 Å². The molecule has 0 heterocycles. The molecule has 1 unspecified atom stereocenters. The fourth-order valence-electron chi connectivity index (χ4n) is 1.96. The molecule has 1 rings (SSSR count). The summed E-state index contributed by atoms with van der Waals surface area (Å²) in [4.78, 5) is 11.8. The average molecular weight is 229 g/mol. The number of carbonyl (C=O) groups excluding carboxylic acids is 1. The molecule has 16 heavy (non-hydrogen) atoms. The van der Waals surface area contributed by atoms with Crippen molar-refractivity contribution >= 4 is 5.97 Å². The average Bonchev–Trinajstić information content (AvgIpc) is 3.13. The first-order chi connectivity index (χ1) is 7.71. The van der Waals surface area contributed by atoms with Crippen LogP contribution in [0.1, 0.15) is 32.6 Å². The maximum atomic E-state index is 11.8. The van der Waals surface area contributed by atoms with Gasteiger partial charge in [0.1, 0.15) is 5.54 Å². The number of unbranched alkanes of at least 4 members (excludes halogenated alkanes) is 1. The maximum absolute atomic E-state index is 11.8. The smallest absolute Gasteiger partial charge is 0.328 e. The molecule has 4 heteroatoms. The Morgan fingerprint density at radius 2 is 2.19 bits per heavy atom. The summed E-state index contributed by atoms with van der Waals surface area (Å²) in [6.07, 6.45) is 4.29. The third kappa shape index (κ3) is 2.95. The predicted molar refractivity (Wildman–Crippen MR) is 62.3 cm³/mol. The van der Waals surface area contributed by atoms with E-state index in [2.05, 4.69) is 12.2 Å². The Hall–Kier alpha value is -0.610. The van der Waals surface area contributed by atoms with Gasteiger partial charge in [-0.15, -0.1) is 0 Å². The number of esters is 1. The van der Waals surface area contributed by atoms with Crippen LogP contribution in [0.3, 0.4) is 0 Å². The van der Waals surface area contributed by atoms with Crippen LogP contribution in [0, 0.1) is 5.92 Å². The number of methoxy groups -OCH3 is 1. The minimum absolute atomic E-state index is 0.200. The molecule has 1 N–H and O–H groups in total. The second-order valence-corrected chi connectivity index (χ2v) is 4.39. The minimum Gasteiger partial charge on any atom is -0.468 e. The van der Waals surface area contributed by atoms with E-state index in [9.17, 15) is 4.79 Å². The molecule has 0 radical (unpaired) electrons. The molecule has 0 bridgehead atoms. The van der Waals surface area contributed by atoms with Crippen molar-refractivity contribution in [2.45, 2.75) is 38.1 Å². The SMILES string of the molecule is CCCCOCC(NC)(C(=O)OC)C1CC1. The molecule has 0 saturated heterocycles. The van der Waals surface area contributed by atoms with Crippen molar-refractivity contribution < 1.29 is 14.3 Å². The molecule has 0 aromatic heterocycles. The minimum atomic E-state index is -0.623. The summed E-state index contributed by atoms with van der Waals surface area (Å²) >= 11 is 0. The quantitative estimate of drug-likeness (QED) is 0.504. The van der Waals surface area contributed by atoms with E-state index in [4.69, 9.17) is 9.47 Å². The van der Waals surface area contributed by atoms with Crippen molar-refractivity contribution in [3.05, 3.63) is 0 Å². The largest absolute Gasteiger partial charge is 0.468 e. The molecule has 0 aromatic carbocycles. The van der Waals surface area contributed by atoms with Gasteiger partial charge in [0.15, 0.2) is 0 Å². The van der Waals surface area contributed by atoms with Crippen molar-refractivity contribution in [2.24, 2.45) is 5.92 Å². The lowest BCUT2D eigenvalue weighted by molar-refractivity contribution is -0.152. The van der Waals surface area contributed by atoms with Crippen LogP contribution in [-0.4, -0.2) is 38.9 Å². The molecule has 0 spiro atoms. The zero-order chi connectivity index (χ0) is 12.0. The number of likely N-dealkylation sites (N-methyl/N-ethyl adjacent to an activating group) is 1. The Bertz CT molecular complexity index is 228. The zero-order valence-electron chi connectivity index (χ0n) is 10.5. The van der Waals surface area contributed by atoms with E-state index < -0.39 is 5.54 Å². The monoisotopic (exact) mass is 229 g/mol. The van der Waals surface area contributed by atoms with Gasteiger partial charge in [-0.2, -0.15) is 0 Å². The molecular formula is C12H23NO3. The van der Waals surface area contributed by atoms with Crippen molar-refractivity contribution in [1.29, 1.82) is 0 Å². The Morgan fingerprint density at radius 1 is 1.50 bits per heavy atom. The molecule has 1 atom stereocenters. The maximum Gasteiger partial charge on any atom is 0.328 e. The molecule has 94 valence electrons. The van der Waals surface area contributed by atoms with Gasteiger partial charge in [0.05, 0.1) is 13.7 Å². The zero-order valence-corrected chi connectivity index (χ0v) is 10.5. The van der Waals surface area contributed by atoms with Gasteiger partial charge in [-0.25, -0.2) is 4.79 Å². The first kappa shape index (κ1) is 13.5. The van der Waals surface area contributed by atoms with Crippen LogP contribution in [0.5, 0.6) is 0 Å². The van der Waals surface area contributed by atoms with Gasteiger partial charge in [-0.05, 0) is 32.2 Å². The highest BCUT2D eigenvalue weighted by atomic mass is 16.5. The molecule has 1 fully saturated rings. The van der Waals surface area contributed by atoms with Crippen LogP contribution in [0.2, 0.25) is 0 Å². The molecule has 0 aromatic rings. The summed E-state index contributed by atoms with van der Waals surface area (Å²) in [5.41, 5.74) is -0.623. The van der Waals surface area contributed by atoms with Gasteiger partial charge in [-0.3, -0.25) is 0 Å². The summed E-state index contributed by atoms with van der Waals surface area (Å²) in [5.74, 6) is 0.167. The first-order valence-corrected chi connectivity index (χ1v) is 6.06. The summed E-state index contributed by atoms with van der Waals surface area (Å²) in [7, 11) is 3.24. The van der Waals surface area contributed by atoms with E-state index in [0.29, 0.717) is 19.1 Å². The highest BCUT2D eigenvalue weighted by Crippen LogP contribution is 2.40. The van der Waals surface area contributed by atoms with Crippen LogP contribution in [0.4, 0.5) is 0 Å². The Morgan fingerprint density at radius 3 is 2.62 bits per heavy atom. The fraction of sp³-hybridized carbons (Fsp3) is 0.917. The first-order valence-electron chi connectivity index (χ1n) is 6.06. The molecule has 1 aliphatic rings. The van der Waals surface area contributed by atoms with Crippen LogP contribution >= 0.6 is 0 Å². The van der Waals surface area contributed by atoms with Crippen molar-refractivity contribution in [1.82, 2.24) is 5.32 Å². The molecule has 1 aliphatic carbocycles. The molecule has 1 saturated carbocycles. The van der Waals surface area contributed by atoms with Gasteiger partial charge in [0.2, 0.25) is 0 Å². The van der Waals surface area contributed by atoms with Crippen LogP contribution in [-0.2, 0) is 14.3 Å². The van der Waals surface area contributed by atoms with Crippen molar-refractivity contribution in [2.75, 3.05) is 27.4 Å². The molecular weight excluding hydrogens is 206 g/mol. The lowest BCUT2D eigenvalue weighted by atomic mass is 9.94. The van der Waals surface area contributed by atoms with Crippen molar-refractivity contribution in [3.8, 4) is 0 Å². The lowest BCUT2D eigenvalue weighted by Crippen LogP contribution is -2.56. The van der Waals surface area contributed by atoms with Crippen LogP contribution < -0.4 is 5.32 Å². The lowest BCUT2D eigenvalue weighted by Gasteiger charge is -2.30. The van der Waals surface area contributed by atoms with E-state index >= 15 is 0 Å². The van der Waals surface area contributed by atoms with E-state index in [0.717, 1.165) is 25.7 Å². The standard InChI is InChI=1S/C12H23NO3/c1-4-5-8-16-9-12(13-2,10-6-7-10)11(14)15-3/h10,13H,4-9H2,1-3H3. The van der Waals surface area contributed by atoms with Gasteiger partial charge in [0.25, 0.3) is 0 Å². The number of rotatable bonds is 8. The van der Waals surface area contributed by atoms with E-state index in [1.807, 2.05) is 0 Å². The Labute approximate surface area is 97.7 Å². The van der Waals surface area contributed by atoms with Gasteiger partial charge < -0.3 is 14.8 Å². The van der Waals surface area contributed by atoms with Crippen LogP contribution in [0.15, 0.2) is 0 Å². The summed E-state index contributed by atoms with van der Waals surface area (Å²) < 4.78 is 10.5. The highest BCUT2D eigenvalue weighted by Gasteiger charge is 2.51. The highest BCUT2D eigenvalue weighted by molar-refractivity contribution is 5.82. The van der Waals surface area contributed by atoms with Gasteiger partial charge in [0, 0.05) is 6.61 Å². The van der Waals surface area contributed by atoms with E-state index in [1.54, 1.807) is 7.05 Å². The Balaban J connectivity index is 2.52. The number of hydrogen-bond donors (Lipinski definition) is 1. The molecule has 0 aliphatic heterocycles. The normalized spacial score (nSPS) is 19.2. The molecule has 4 nitrogen and oxygen atoms in total. The number of carbonyl (C=O) groups is 1. The summed E-state index contributed by atoms with van der Waals surface area (Å²) in [6, 6.07) is 0. The topological polar surface area (TPSA) is 47.6 Å². The fourth-order valence-corrected chi connectivity index (χ4v) is 1.96. The molecule has 0 amide bonds. The van der Waals surface area contributed by atoms with Gasteiger partial charge in [-0.1, -0.05) is 13.3 Å². The third-order valence-corrected chi connectivity index (χ3v) is 3.24. The second kappa shape index (κ2) is 6.21. The van der Waals surface area contributed by atoms with E-state index in [-0.39, 0.29) is 5.97 Å². The summed E-state index contributed by atoms with van der Waals surface area (Å²) in [5, 5.41) is 3.11. The second-order valence-electron chi connectivity index (χ2n) is 4.39. The predicted octanol–water partition coefficient (Wildman–Crippen LogP) is 1.34. The Kier molecular flexibility index (Phi) is 5.22.